The molecule has 2 amide bonds. The smallest absolute Gasteiger partial charge is 0.310 e. The van der Waals surface area contributed by atoms with Crippen LogP contribution in [-0.2, 0) is 10.0 Å². The van der Waals surface area contributed by atoms with Gasteiger partial charge in [0.05, 0.1) is 6.26 Å². The molecule has 0 saturated carbocycles. The van der Waals surface area contributed by atoms with E-state index in [1.807, 2.05) is 30.5 Å². The van der Waals surface area contributed by atoms with Crippen LogP contribution in [0.2, 0.25) is 0 Å². The van der Waals surface area contributed by atoms with E-state index in [0.29, 0.717) is 41.8 Å². The lowest BCUT2D eigenvalue weighted by molar-refractivity contribution is 0.255. The van der Waals surface area contributed by atoms with E-state index in [1.165, 1.54) is 0 Å². The molecule has 0 bridgehead atoms. The molecule has 1 aliphatic heterocycles. The van der Waals surface area contributed by atoms with Crippen molar-refractivity contribution < 1.29 is 13.2 Å². The molecule has 4 rings (SSSR count). The summed E-state index contributed by atoms with van der Waals surface area (Å²) in [5.41, 5.74) is 1.77. The number of nitrogens with one attached hydrogen (secondary N) is 1. The number of rotatable bonds is 6. The predicted molar refractivity (Wildman–Crippen MR) is 119 cm³/mol. The van der Waals surface area contributed by atoms with Crippen molar-refractivity contribution in [1.82, 2.24) is 19.7 Å². The summed E-state index contributed by atoms with van der Waals surface area (Å²) in [6.45, 7) is 5.05. The monoisotopic (exact) mass is 441 g/mol. The molecule has 11 heteroatoms. The number of sulfonamides is 1. The zero-order valence-electron chi connectivity index (χ0n) is 17.4. The second-order valence-electron chi connectivity index (χ2n) is 7.54. The van der Waals surface area contributed by atoms with E-state index in [4.69, 9.17) is 0 Å². The Morgan fingerprint density at radius 3 is 2.42 bits per heavy atom. The predicted octanol–water partition coefficient (Wildman–Crippen LogP) is 2.74. The Balaban J connectivity index is 1.55. The van der Waals surface area contributed by atoms with Gasteiger partial charge in [-0.15, -0.1) is 10.2 Å². The van der Waals surface area contributed by atoms with Gasteiger partial charge in [-0.05, 0) is 50.2 Å². The van der Waals surface area contributed by atoms with Gasteiger partial charge in [-0.25, -0.2) is 18.2 Å². The second-order valence-corrected chi connectivity index (χ2v) is 9.29. The summed E-state index contributed by atoms with van der Waals surface area (Å²) in [5.74, 6) is 1.19. The van der Waals surface area contributed by atoms with Crippen molar-refractivity contribution >= 4 is 33.2 Å². The van der Waals surface area contributed by atoms with Gasteiger partial charge in [-0.3, -0.25) is 14.5 Å². The number of carbonyl (C=O) groups excluding carboxylic acids is 1. The van der Waals surface area contributed by atoms with Crippen LogP contribution < -0.4 is 14.5 Å². The number of carbonyl (C=O) groups is 1. The summed E-state index contributed by atoms with van der Waals surface area (Å²) in [5, 5.41) is 8.16. The number of nitrogens with zero attached hydrogens (tertiary/aromatic N) is 6. The normalized spacial score (nSPS) is 14.5. The molecular weight excluding hydrogens is 418 g/mol. The first-order valence-corrected chi connectivity index (χ1v) is 11.7. The van der Waals surface area contributed by atoms with E-state index < -0.39 is 10.0 Å². The van der Waals surface area contributed by atoms with Crippen molar-refractivity contribution in [2.75, 3.05) is 33.9 Å². The maximum absolute atomic E-state index is 13.1. The highest BCUT2D eigenvalue weighted by Crippen LogP contribution is 2.27. The van der Waals surface area contributed by atoms with E-state index >= 15 is 0 Å². The zero-order valence-corrected chi connectivity index (χ0v) is 18.2. The first-order chi connectivity index (χ1) is 14.7. The average molecular weight is 442 g/mol. The highest BCUT2D eigenvalue weighted by Gasteiger charge is 2.31. The first kappa shape index (κ1) is 20.8. The van der Waals surface area contributed by atoms with E-state index in [2.05, 4.69) is 19.9 Å². The number of urea groups is 1. The summed E-state index contributed by atoms with van der Waals surface area (Å²) in [4.78, 5) is 21.0. The molecule has 1 saturated heterocycles. The Labute approximate surface area is 180 Å². The summed E-state index contributed by atoms with van der Waals surface area (Å²) >= 11 is 0. The second kappa shape index (κ2) is 7.99. The molecule has 1 aliphatic rings. The number of pyridine rings is 1. The minimum Gasteiger partial charge on any atom is -0.310 e. The number of hydrogen-bond donors (Lipinski definition) is 1. The minimum atomic E-state index is -3.35. The topological polar surface area (TPSA) is 113 Å². The molecule has 3 aromatic rings. The van der Waals surface area contributed by atoms with E-state index in [0.717, 1.165) is 6.26 Å². The molecule has 1 fully saturated rings. The van der Waals surface area contributed by atoms with Gasteiger partial charge < -0.3 is 4.57 Å². The molecule has 0 aliphatic carbocycles. The summed E-state index contributed by atoms with van der Waals surface area (Å²) in [6.07, 6.45) is 2.76. The number of aromatic nitrogens is 4. The zero-order chi connectivity index (χ0) is 22.2. The highest BCUT2D eigenvalue weighted by molar-refractivity contribution is 7.92. The van der Waals surface area contributed by atoms with Crippen molar-refractivity contribution in [2.45, 2.75) is 19.9 Å². The van der Waals surface area contributed by atoms with Crippen LogP contribution >= 0.6 is 0 Å². The fourth-order valence-corrected chi connectivity index (χ4v) is 3.98. The molecule has 0 unspecified atom stereocenters. The molecular formula is C20H23N7O3S. The number of benzene rings is 1. The van der Waals surface area contributed by atoms with Crippen molar-refractivity contribution in [2.24, 2.45) is 0 Å². The van der Waals surface area contributed by atoms with Gasteiger partial charge in [-0.2, -0.15) is 0 Å². The Hall–Kier alpha value is -3.47. The molecule has 1 N–H and O–H groups in total. The largest absolute Gasteiger partial charge is 0.330 e. The molecule has 0 atom stereocenters. The van der Waals surface area contributed by atoms with Crippen LogP contribution in [-0.4, -0.2) is 53.5 Å². The maximum Gasteiger partial charge on any atom is 0.330 e. The van der Waals surface area contributed by atoms with Gasteiger partial charge in [0.2, 0.25) is 10.0 Å². The molecule has 10 nitrogen and oxygen atoms in total. The molecule has 2 aromatic heterocycles. The van der Waals surface area contributed by atoms with Gasteiger partial charge >= 0.3 is 6.03 Å². The summed E-state index contributed by atoms with van der Waals surface area (Å²) in [6, 6.07) is 12.1. The Kier molecular flexibility index (Phi) is 5.36. The third-order valence-electron chi connectivity index (χ3n) is 4.86. The minimum absolute atomic E-state index is 0.180. The molecule has 3 heterocycles. The third-order valence-corrected chi connectivity index (χ3v) is 5.47. The fraction of sp³-hybridized carbons (Fsp3) is 0.300. The molecule has 1 aromatic carbocycles. The van der Waals surface area contributed by atoms with Gasteiger partial charge in [0.15, 0.2) is 5.82 Å². The Morgan fingerprint density at radius 1 is 1.03 bits per heavy atom. The van der Waals surface area contributed by atoms with Crippen LogP contribution in [0.4, 0.5) is 22.0 Å². The van der Waals surface area contributed by atoms with Crippen LogP contribution in [0.3, 0.4) is 0 Å². The van der Waals surface area contributed by atoms with Crippen molar-refractivity contribution in [3.05, 3.63) is 48.8 Å². The summed E-state index contributed by atoms with van der Waals surface area (Å²) in [7, 11) is -3.35. The third kappa shape index (κ3) is 4.36. The van der Waals surface area contributed by atoms with Crippen LogP contribution in [0.1, 0.15) is 19.9 Å². The molecule has 31 heavy (non-hydrogen) atoms. The molecule has 162 valence electrons. The van der Waals surface area contributed by atoms with E-state index in [9.17, 15) is 13.2 Å². The number of hydrogen-bond acceptors (Lipinski definition) is 6. The number of amides is 2. The lowest BCUT2D eigenvalue weighted by Gasteiger charge is -2.19. The van der Waals surface area contributed by atoms with Crippen LogP contribution in [0.25, 0.3) is 11.5 Å². The Morgan fingerprint density at radius 2 is 1.74 bits per heavy atom. The highest BCUT2D eigenvalue weighted by atomic mass is 32.2. The quantitative estimate of drug-likeness (QED) is 0.629. The first-order valence-electron chi connectivity index (χ1n) is 9.77. The van der Waals surface area contributed by atoms with Crippen LogP contribution in [0.15, 0.2) is 48.8 Å². The van der Waals surface area contributed by atoms with Crippen molar-refractivity contribution in [1.29, 1.82) is 0 Å². The standard InChI is InChI=1S/C20H23N7O3S/c1-14(2)27-13-21-23-19(27)17-5-4-6-18(22-17)26-12-11-25(20(26)28)16-9-7-15(8-10-16)24-31(3,29)30/h4-10,13-14,24H,11-12H2,1-3H3. The van der Waals surface area contributed by atoms with E-state index in [1.54, 1.807) is 46.5 Å². The maximum atomic E-state index is 13.1. The van der Waals surface area contributed by atoms with Gasteiger partial charge in [-0.1, -0.05) is 6.07 Å². The molecule has 0 spiro atoms. The SMILES string of the molecule is CC(C)n1cnnc1-c1cccc(N2CCN(c3ccc(NS(C)(=O)=O)cc3)C2=O)n1. The van der Waals surface area contributed by atoms with Crippen molar-refractivity contribution in [3.8, 4) is 11.5 Å². The van der Waals surface area contributed by atoms with Crippen LogP contribution in [0, 0.1) is 0 Å². The van der Waals surface area contributed by atoms with Gasteiger partial charge in [0.25, 0.3) is 0 Å². The summed E-state index contributed by atoms with van der Waals surface area (Å²) < 4.78 is 27.1. The molecule has 0 radical (unpaired) electrons. The Bertz CT molecular complexity index is 1210. The lowest BCUT2D eigenvalue weighted by atomic mass is 10.2. The number of anilines is 3. The van der Waals surface area contributed by atoms with Crippen LogP contribution in [0.5, 0.6) is 0 Å². The average Bonchev–Trinajstić information content (AvgIpc) is 3.35. The lowest BCUT2D eigenvalue weighted by Crippen LogP contribution is -2.32. The van der Waals surface area contributed by atoms with Crippen molar-refractivity contribution in [3.63, 3.8) is 0 Å². The van der Waals surface area contributed by atoms with E-state index in [-0.39, 0.29) is 12.1 Å². The fourth-order valence-electron chi connectivity index (χ4n) is 3.41. The van der Waals surface area contributed by atoms with Gasteiger partial charge in [0.1, 0.15) is 17.8 Å². The van der Waals surface area contributed by atoms with Gasteiger partial charge in [0, 0.05) is 30.5 Å².